The zero-order valence-electron chi connectivity index (χ0n) is 19.3. The number of terminal acetylenes is 1. The fourth-order valence-corrected chi connectivity index (χ4v) is 4.78. The lowest BCUT2D eigenvalue weighted by Crippen LogP contribution is -2.34. The molecule has 6 nitrogen and oxygen atoms in total. The van der Waals surface area contributed by atoms with Crippen LogP contribution in [0, 0.1) is 12.3 Å². The number of nitrogens with one attached hydrogen (secondary N) is 2. The highest BCUT2D eigenvalue weighted by molar-refractivity contribution is 5.86. The highest BCUT2D eigenvalue weighted by Gasteiger charge is 2.21. The fourth-order valence-electron chi connectivity index (χ4n) is 4.78. The summed E-state index contributed by atoms with van der Waals surface area (Å²) in [4.78, 5) is 29.6. The van der Waals surface area contributed by atoms with Crippen LogP contribution in [0.25, 0.3) is 10.9 Å². The number of hydrogen-bond acceptors (Lipinski definition) is 3. The van der Waals surface area contributed by atoms with Crippen LogP contribution in [-0.4, -0.2) is 35.1 Å². The molecule has 2 aromatic carbocycles. The second-order valence-electron chi connectivity index (χ2n) is 8.90. The van der Waals surface area contributed by atoms with Crippen LogP contribution in [0.5, 0.6) is 0 Å². The van der Waals surface area contributed by atoms with Crippen LogP contribution in [0.4, 0.5) is 5.69 Å². The summed E-state index contributed by atoms with van der Waals surface area (Å²) in [6.45, 7) is 2.04. The van der Waals surface area contributed by atoms with Crippen molar-refractivity contribution in [3.63, 3.8) is 0 Å². The number of carboxylic acids is 1. The van der Waals surface area contributed by atoms with Crippen LogP contribution in [0.1, 0.15) is 54.8 Å². The summed E-state index contributed by atoms with van der Waals surface area (Å²) in [7, 11) is 0. The minimum atomic E-state index is -0.825. The molecular weight excluding hydrogens is 426 g/mol. The number of piperidine rings is 1. The molecule has 0 spiro atoms. The van der Waals surface area contributed by atoms with Crippen molar-refractivity contribution in [3.8, 4) is 12.3 Å². The molecule has 1 fully saturated rings. The van der Waals surface area contributed by atoms with E-state index in [1.54, 1.807) is 0 Å². The van der Waals surface area contributed by atoms with E-state index in [1.807, 2.05) is 36.5 Å². The van der Waals surface area contributed by atoms with Gasteiger partial charge in [0.2, 0.25) is 5.91 Å². The monoisotopic (exact) mass is 457 g/mol. The highest BCUT2D eigenvalue weighted by Crippen LogP contribution is 2.30. The number of aliphatic carboxylic acids is 1. The Balaban J connectivity index is 1.50. The predicted molar refractivity (Wildman–Crippen MR) is 135 cm³/mol. The van der Waals surface area contributed by atoms with E-state index in [9.17, 15) is 9.59 Å². The Labute approximate surface area is 200 Å². The molecule has 4 rings (SSSR count). The number of rotatable bonds is 9. The number of aromatic nitrogens is 1. The van der Waals surface area contributed by atoms with Crippen LogP contribution in [0.2, 0.25) is 0 Å². The van der Waals surface area contributed by atoms with Gasteiger partial charge in [0, 0.05) is 48.7 Å². The molecule has 0 aliphatic carbocycles. The number of benzene rings is 2. The smallest absolute Gasteiger partial charge is 0.303 e. The molecule has 1 aliphatic rings. The summed E-state index contributed by atoms with van der Waals surface area (Å²) in [5, 5.41) is 13.1. The number of carbonyl (C=O) groups is 2. The van der Waals surface area contributed by atoms with E-state index in [0.29, 0.717) is 12.8 Å². The summed E-state index contributed by atoms with van der Waals surface area (Å²) in [5.41, 5.74) is 4.97. The molecule has 1 unspecified atom stereocenters. The lowest BCUT2D eigenvalue weighted by atomic mass is 9.99. The molecule has 1 saturated heterocycles. The van der Waals surface area contributed by atoms with Crippen LogP contribution < -0.4 is 10.2 Å². The van der Waals surface area contributed by atoms with E-state index in [0.717, 1.165) is 46.4 Å². The molecule has 0 bridgehead atoms. The second kappa shape index (κ2) is 10.9. The Morgan fingerprint density at radius 2 is 1.94 bits per heavy atom. The van der Waals surface area contributed by atoms with Crippen molar-refractivity contribution in [2.45, 2.75) is 51.0 Å². The molecule has 2 heterocycles. The summed E-state index contributed by atoms with van der Waals surface area (Å²) >= 11 is 0. The van der Waals surface area contributed by atoms with E-state index in [-0.39, 0.29) is 24.8 Å². The summed E-state index contributed by atoms with van der Waals surface area (Å²) < 4.78 is 0. The molecule has 0 radical (unpaired) electrons. The number of nitrogens with zero attached hydrogens (tertiary/aromatic N) is 1. The summed E-state index contributed by atoms with van der Waals surface area (Å²) in [5.74, 6) is 1.82. The molecular formula is C28H31N3O3. The fraction of sp³-hybridized carbons (Fsp3) is 0.357. The lowest BCUT2D eigenvalue weighted by Gasteiger charge is -2.32. The number of hydrogen-bond donors (Lipinski definition) is 3. The van der Waals surface area contributed by atoms with Gasteiger partial charge in [0.15, 0.2) is 0 Å². The van der Waals surface area contributed by atoms with Gasteiger partial charge in [-0.1, -0.05) is 24.3 Å². The van der Waals surface area contributed by atoms with Crippen LogP contribution >= 0.6 is 0 Å². The van der Waals surface area contributed by atoms with E-state index in [1.165, 1.54) is 19.3 Å². The first-order valence-electron chi connectivity index (χ1n) is 11.9. The van der Waals surface area contributed by atoms with Gasteiger partial charge in [-0.2, -0.15) is 0 Å². The molecule has 3 aromatic rings. The largest absolute Gasteiger partial charge is 0.481 e. The van der Waals surface area contributed by atoms with Crippen LogP contribution in [-0.2, 0) is 22.4 Å². The first-order chi connectivity index (χ1) is 16.5. The van der Waals surface area contributed by atoms with E-state index < -0.39 is 5.97 Å². The zero-order valence-corrected chi connectivity index (χ0v) is 19.3. The van der Waals surface area contributed by atoms with Crippen molar-refractivity contribution in [2.24, 2.45) is 0 Å². The average molecular weight is 458 g/mol. The second-order valence-corrected chi connectivity index (χ2v) is 8.90. The Hall–Kier alpha value is -3.72. The van der Waals surface area contributed by atoms with Crippen LogP contribution in [0.15, 0.2) is 48.7 Å². The number of H-pyrrole nitrogens is 1. The van der Waals surface area contributed by atoms with Gasteiger partial charge in [-0.15, -0.1) is 12.3 Å². The van der Waals surface area contributed by atoms with Crippen molar-refractivity contribution >= 4 is 28.5 Å². The van der Waals surface area contributed by atoms with Crippen molar-refractivity contribution in [3.05, 3.63) is 65.4 Å². The molecule has 1 amide bonds. The normalized spacial score (nSPS) is 14.5. The standard InChI is InChI=1S/C28H31N3O3/c1-2-8-25(22-9-4-5-10-26(22)31-15-6-3-7-16-31)30-27(32)18-20-11-13-24-23(17-20)21(19-29-24)12-14-28(33)34/h1,4-5,9-11,13,17,19,25,29H,3,6-8,12,14-16,18H2,(H,30,32)(H,33,34). The van der Waals surface area contributed by atoms with E-state index >= 15 is 0 Å². The molecule has 1 atom stereocenters. The van der Waals surface area contributed by atoms with Gasteiger partial charge >= 0.3 is 5.97 Å². The number of aromatic amines is 1. The lowest BCUT2D eigenvalue weighted by molar-refractivity contribution is -0.137. The summed E-state index contributed by atoms with van der Waals surface area (Å²) in [6, 6.07) is 13.8. The molecule has 1 aliphatic heterocycles. The Morgan fingerprint density at radius 1 is 1.15 bits per heavy atom. The predicted octanol–water partition coefficient (Wildman–Crippen LogP) is 4.60. The van der Waals surface area contributed by atoms with E-state index in [4.69, 9.17) is 11.5 Å². The summed E-state index contributed by atoms with van der Waals surface area (Å²) in [6.07, 6.45) is 12.3. The van der Waals surface area contributed by atoms with Gasteiger partial charge in [0.25, 0.3) is 0 Å². The number of aryl methyl sites for hydroxylation is 1. The Kier molecular flexibility index (Phi) is 7.54. The highest BCUT2D eigenvalue weighted by atomic mass is 16.4. The van der Waals surface area contributed by atoms with Gasteiger partial charge in [0.05, 0.1) is 12.5 Å². The molecule has 1 aromatic heterocycles. The van der Waals surface area contributed by atoms with Crippen molar-refractivity contribution in [2.75, 3.05) is 18.0 Å². The Bertz CT molecular complexity index is 1200. The molecule has 6 heteroatoms. The number of carboxylic acid groups (broad SMARTS) is 1. The number of amides is 1. The SMILES string of the molecule is C#CCC(NC(=O)Cc1ccc2[nH]cc(CCC(=O)O)c2c1)c1ccccc1N1CCCCC1. The first-order valence-corrected chi connectivity index (χ1v) is 11.9. The first kappa shape index (κ1) is 23.4. The Morgan fingerprint density at radius 3 is 2.71 bits per heavy atom. The minimum absolute atomic E-state index is 0.0713. The maximum Gasteiger partial charge on any atom is 0.303 e. The molecule has 34 heavy (non-hydrogen) atoms. The number of carbonyl (C=O) groups excluding carboxylic acids is 1. The number of anilines is 1. The molecule has 0 saturated carbocycles. The van der Waals surface area contributed by atoms with Crippen molar-refractivity contribution in [1.29, 1.82) is 0 Å². The van der Waals surface area contributed by atoms with Gasteiger partial charge in [-0.05, 0) is 60.6 Å². The molecule has 3 N–H and O–H groups in total. The third-order valence-electron chi connectivity index (χ3n) is 6.47. The van der Waals surface area contributed by atoms with Gasteiger partial charge in [-0.25, -0.2) is 0 Å². The minimum Gasteiger partial charge on any atom is -0.481 e. The quantitative estimate of drug-likeness (QED) is 0.410. The zero-order chi connectivity index (χ0) is 23.9. The number of para-hydroxylation sites is 1. The maximum atomic E-state index is 13.1. The van der Waals surface area contributed by atoms with Crippen molar-refractivity contribution < 1.29 is 14.7 Å². The van der Waals surface area contributed by atoms with Crippen molar-refractivity contribution in [1.82, 2.24) is 10.3 Å². The topological polar surface area (TPSA) is 85.4 Å². The van der Waals surface area contributed by atoms with Gasteiger partial charge in [0.1, 0.15) is 0 Å². The maximum absolute atomic E-state index is 13.1. The van der Waals surface area contributed by atoms with Gasteiger partial charge in [-0.3, -0.25) is 9.59 Å². The third-order valence-corrected chi connectivity index (χ3v) is 6.47. The van der Waals surface area contributed by atoms with E-state index in [2.05, 4.69) is 33.3 Å². The number of fused-ring (bicyclic) bond motifs is 1. The van der Waals surface area contributed by atoms with Crippen LogP contribution in [0.3, 0.4) is 0 Å². The molecule has 176 valence electrons. The van der Waals surface area contributed by atoms with Gasteiger partial charge < -0.3 is 20.3 Å². The third kappa shape index (κ3) is 5.60. The average Bonchev–Trinajstić information content (AvgIpc) is 3.25.